The molecule has 5 rings (SSSR count). The number of amides is 1. The van der Waals surface area contributed by atoms with Crippen LogP contribution in [0.5, 0.6) is 0 Å². The summed E-state index contributed by atoms with van der Waals surface area (Å²) in [5.74, 6) is 0.687. The Morgan fingerprint density at radius 1 is 1.04 bits per heavy atom. The summed E-state index contributed by atoms with van der Waals surface area (Å²) in [5.41, 5.74) is 6.18. The van der Waals surface area contributed by atoms with E-state index in [1.807, 2.05) is 54.7 Å². The zero-order valence-corrected chi connectivity index (χ0v) is 15.4. The minimum atomic E-state index is 0.00516. The first-order valence-electron chi connectivity index (χ1n) is 9.53. The van der Waals surface area contributed by atoms with Gasteiger partial charge in [-0.05, 0) is 65.3 Å². The third-order valence-corrected chi connectivity index (χ3v) is 5.15. The Morgan fingerprint density at radius 3 is 2.71 bits per heavy atom. The minimum absolute atomic E-state index is 0.00516. The van der Waals surface area contributed by atoms with Gasteiger partial charge < -0.3 is 5.32 Å². The molecule has 0 saturated heterocycles. The van der Waals surface area contributed by atoms with Crippen molar-refractivity contribution in [2.45, 2.75) is 25.2 Å². The molecule has 0 bridgehead atoms. The van der Waals surface area contributed by atoms with Gasteiger partial charge in [-0.3, -0.25) is 4.79 Å². The Labute approximate surface area is 163 Å². The number of rotatable bonds is 5. The Kier molecular flexibility index (Phi) is 4.13. The Hall–Kier alpha value is -3.47. The summed E-state index contributed by atoms with van der Waals surface area (Å²) in [7, 11) is 0. The summed E-state index contributed by atoms with van der Waals surface area (Å²) in [6.45, 7) is 0. The van der Waals surface area contributed by atoms with E-state index in [1.54, 1.807) is 10.8 Å². The zero-order chi connectivity index (χ0) is 18.9. The van der Waals surface area contributed by atoms with Crippen LogP contribution in [0.2, 0.25) is 0 Å². The van der Waals surface area contributed by atoms with E-state index in [4.69, 9.17) is 0 Å². The maximum Gasteiger partial charge on any atom is 0.228 e. The highest BCUT2D eigenvalue weighted by atomic mass is 16.1. The second-order valence-corrected chi connectivity index (χ2v) is 7.30. The summed E-state index contributed by atoms with van der Waals surface area (Å²) in [4.78, 5) is 16.6. The van der Waals surface area contributed by atoms with Gasteiger partial charge >= 0.3 is 0 Å². The number of nitrogens with zero attached hydrogens (tertiary/aromatic N) is 3. The molecule has 2 aromatic carbocycles. The fraction of sp³-hybridized carbons (Fsp3) is 0.174. The first kappa shape index (κ1) is 16.7. The van der Waals surface area contributed by atoms with Gasteiger partial charge in [0.1, 0.15) is 6.33 Å². The van der Waals surface area contributed by atoms with Crippen LogP contribution in [0.1, 0.15) is 29.9 Å². The summed E-state index contributed by atoms with van der Waals surface area (Å²) >= 11 is 0. The second-order valence-electron chi connectivity index (χ2n) is 7.30. The van der Waals surface area contributed by atoms with Crippen molar-refractivity contribution >= 4 is 17.2 Å². The predicted octanol–water partition coefficient (Wildman–Crippen LogP) is 4.45. The van der Waals surface area contributed by atoms with Crippen LogP contribution < -0.4 is 5.32 Å². The molecular formula is C23H20N4O. The van der Waals surface area contributed by atoms with E-state index in [0.29, 0.717) is 12.3 Å². The van der Waals surface area contributed by atoms with Crippen LogP contribution in [0.3, 0.4) is 0 Å². The highest BCUT2D eigenvalue weighted by Crippen LogP contribution is 2.40. The van der Waals surface area contributed by atoms with Gasteiger partial charge in [0.15, 0.2) is 5.65 Å². The molecule has 1 amide bonds. The van der Waals surface area contributed by atoms with E-state index in [1.165, 1.54) is 18.4 Å². The summed E-state index contributed by atoms with van der Waals surface area (Å²) < 4.78 is 1.74. The van der Waals surface area contributed by atoms with Crippen molar-refractivity contribution in [1.29, 1.82) is 0 Å². The molecule has 0 atom stereocenters. The number of pyridine rings is 1. The predicted molar refractivity (Wildman–Crippen MR) is 109 cm³/mol. The SMILES string of the molecule is O=C(Cc1ccc(-c2ccn3ncnc3c2)cc1)Nc1cccc(C2CC2)c1. The molecule has 0 aliphatic heterocycles. The lowest BCUT2D eigenvalue weighted by atomic mass is 10.0. The van der Waals surface area contributed by atoms with E-state index in [2.05, 4.69) is 27.5 Å². The van der Waals surface area contributed by atoms with Crippen molar-refractivity contribution in [3.05, 3.63) is 84.3 Å². The fourth-order valence-corrected chi connectivity index (χ4v) is 3.49. The number of aromatic nitrogens is 3. The van der Waals surface area contributed by atoms with Gasteiger partial charge in [0, 0.05) is 11.9 Å². The molecule has 1 aliphatic rings. The molecular weight excluding hydrogens is 348 g/mol. The number of carbonyl (C=O) groups excluding carboxylic acids is 1. The number of nitrogens with one attached hydrogen (secondary N) is 1. The molecule has 0 spiro atoms. The van der Waals surface area contributed by atoms with E-state index < -0.39 is 0 Å². The molecule has 2 heterocycles. The van der Waals surface area contributed by atoms with E-state index >= 15 is 0 Å². The molecule has 1 N–H and O–H groups in total. The lowest BCUT2D eigenvalue weighted by molar-refractivity contribution is -0.115. The second kappa shape index (κ2) is 6.93. The molecule has 5 heteroatoms. The first-order valence-corrected chi connectivity index (χ1v) is 9.53. The van der Waals surface area contributed by atoms with E-state index in [-0.39, 0.29) is 5.91 Å². The van der Waals surface area contributed by atoms with Gasteiger partial charge in [-0.2, -0.15) is 5.10 Å². The lowest BCUT2D eigenvalue weighted by Gasteiger charge is -2.08. The van der Waals surface area contributed by atoms with Gasteiger partial charge in [-0.25, -0.2) is 9.50 Å². The molecule has 5 nitrogen and oxygen atoms in total. The highest BCUT2D eigenvalue weighted by Gasteiger charge is 2.23. The molecule has 1 aliphatic carbocycles. The molecule has 0 unspecified atom stereocenters. The largest absolute Gasteiger partial charge is 0.326 e. The number of carbonyl (C=O) groups is 1. The summed E-state index contributed by atoms with van der Waals surface area (Å²) in [5, 5.41) is 7.13. The Morgan fingerprint density at radius 2 is 1.89 bits per heavy atom. The molecule has 4 aromatic rings. The normalized spacial score (nSPS) is 13.6. The zero-order valence-electron chi connectivity index (χ0n) is 15.4. The quantitative estimate of drug-likeness (QED) is 0.566. The van der Waals surface area contributed by atoms with Crippen LogP contribution in [0, 0.1) is 0 Å². The molecule has 2 aromatic heterocycles. The van der Waals surface area contributed by atoms with E-state index in [9.17, 15) is 4.79 Å². The number of anilines is 1. The number of fused-ring (bicyclic) bond motifs is 1. The average molecular weight is 368 g/mol. The molecule has 28 heavy (non-hydrogen) atoms. The van der Waals surface area contributed by atoms with Crippen molar-refractivity contribution in [2.75, 3.05) is 5.32 Å². The maximum absolute atomic E-state index is 12.4. The maximum atomic E-state index is 12.4. The number of hydrogen-bond acceptors (Lipinski definition) is 3. The van der Waals surface area contributed by atoms with E-state index in [0.717, 1.165) is 28.0 Å². The monoisotopic (exact) mass is 368 g/mol. The van der Waals surface area contributed by atoms with Crippen LogP contribution in [0.4, 0.5) is 5.69 Å². The van der Waals surface area contributed by atoms with Crippen LogP contribution >= 0.6 is 0 Å². The standard InChI is InChI=1S/C23H20N4O/c28-23(26-21-3-1-2-19(13-21)18-8-9-18)12-16-4-6-17(7-5-16)20-10-11-27-22(14-20)24-15-25-27/h1-7,10-11,13-15,18H,8-9,12H2,(H,26,28). The highest BCUT2D eigenvalue weighted by molar-refractivity contribution is 5.92. The van der Waals surface area contributed by atoms with Gasteiger partial charge in [0.25, 0.3) is 0 Å². The molecule has 0 radical (unpaired) electrons. The van der Waals surface area contributed by atoms with Crippen LogP contribution in [0.25, 0.3) is 16.8 Å². The Bertz CT molecular complexity index is 1140. The third-order valence-electron chi connectivity index (χ3n) is 5.15. The van der Waals surface area contributed by atoms with Gasteiger partial charge in [-0.15, -0.1) is 0 Å². The molecule has 138 valence electrons. The van der Waals surface area contributed by atoms with Gasteiger partial charge in [0.2, 0.25) is 5.91 Å². The summed E-state index contributed by atoms with van der Waals surface area (Å²) in [6, 6.07) is 20.3. The van der Waals surface area contributed by atoms with Crippen molar-refractivity contribution in [1.82, 2.24) is 14.6 Å². The minimum Gasteiger partial charge on any atom is -0.326 e. The molecule has 1 saturated carbocycles. The van der Waals surface area contributed by atoms with Crippen molar-refractivity contribution < 1.29 is 4.79 Å². The number of hydrogen-bond donors (Lipinski definition) is 1. The third kappa shape index (κ3) is 3.51. The van der Waals surface area contributed by atoms with Crippen LogP contribution in [-0.2, 0) is 11.2 Å². The first-order chi connectivity index (χ1) is 13.7. The van der Waals surface area contributed by atoms with Gasteiger partial charge in [-0.1, -0.05) is 36.4 Å². The number of benzene rings is 2. The fourth-order valence-electron chi connectivity index (χ4n) is 3.49. The lowest BCUT2D eigenvalue weighted by Crippen LogP contribution is -2.14. The topological polar surface area (TPSA) is 59.3 Å². The smallest absolute Gasteiger partial charge is 0.228 e. The molecule has 1 fully saturated rings. The van der Waals surface area contributed by atoms with Crippen molar-refractivity contribution in [3.63, 3.8) is 0 Å². The van der Waals surface area contributed by atoms with Crippen LogP contribution in [-0.4, -0.2) is 20.5 Å². The Balaban J connectivity index is 1.26. The van der Waals surface area contributed by atoms with Crippen LogP contribution in [0.15, 0.2) is 73.2 Å². The average Bonchev–Trinajstić information content (AvgIpc) is 3.46. The van der Waals surface area contributed by atoms with Crippen molar-refractivity contribution in [3.8, 4) is 11.1 Å². The van der Waals surface area contributed by atoms with Gasteiger partial charge in [0.05, 0.1) is 6.42 Å². The van der Waals surface area contributed by atoms with Crippen molar-refractivity contribution in [2.24, 2.45) is 0 Å². The summed E-state index contributed by atoms with van der Waals surface area (Å²) in [6.07, 6.45) is 6.31.